The fourth-order valence-electron chi connectivity index (χ4n) is 1.35. The van der Waals surface area contributed by atoms with Gasteiger partial charge in [-0.05, 0) is 38.9 Å². The highest BCUT2D eigenvalue weighted by atomic mass is 14.9. The lowest BCUT2D eigenvalue weighted by atomic mass is 9.92. The largest absolute Gasteiger partial charge is 0.324 e. The van der Waals surface area contributed by atoms with E-state index in [-0.39, 0.29) is 11.6 Å². The van der Waals surface area contributed by atoms with E-state index in [1.54, 1.807) is 0 Å². The van der Waals surface area contributed by atoms with Gasteiger partial charge in [0.05, 0.1) is 0 Å². The molecule has 1 aromatic rings. The quantitative estimate of drug-likeness (QED) is 0.770. The first-order chi connectivity index (χ1) is 6.47. The third-order valence-electron chi connectivity index (χ3n) is 2.76. The van der Waals surface area contributed by atoms with Crippen LogP contribution in [-0.4, -0.2) is 7.05 Å². The van der Waals surface area contributed by atoms with Crippen molar-refractivity contribution < 1.29 is 0 Å². The van der Waals surface area contributed by atoms with Crippen LogP contribution in [0.15, 0.2) is 24.3 Å². The summed E-state index contributed by atoms with van der Waals surface area (Å²) in [6.07, 6.45) is 0. The zero-order chi connectivity index (χ0) is 10.8. The predicted octanol–water partition coefficient (Wildman–Crippen LogP) is 2.16. The Balaban J connectivity index is 3.05. The molecule has 2 heteroatoms. The van der Waals surface area contributed by atoms with Crippen LogP contribution in [0.2, 0.25) is 0 Å². The monoisotopic (exact) mass is 192 g/mol. The average Bonchev–Trinajstić information content (AvgIpc) is 2.18. The lowest BCUT2D eigenvalue weighted by Gasteiger charge is -2.25. The molecule has 3 N–H and O–H groups in total. The summed E-state index contributed by atoms with van der Waals surface area (Å²) in [5.41, 5.74) is 8.31. The summed E-state index contributed by atoms with van der Waals surface area (Å²) in [5, 5.41) is 3.28. The van der Waals surface area contributed by atoms with Crippen molar-refractivity contribution in [3.05, 3.63) is 35.4 Å². The number of nitrogens with one attached hydrogen (secondary N) is 1. The molecule has 1 aromatic carbocycles. The van der Waals surface area contributed by atoms with Crippen LogP contribution in [0.25, 0.3) is 0 Å². The molecule has 0 bridgehead atoms. The van der Waals surface area contributed by atoms with Crippen LogP contribution >= 0.6 is 0 Å². The molecule has 0 aromatic heterocycles. The van der Waals surface area contributed by atoms with E-state index < -0.39 is 0 Å². The lowest BCUT2D eigenvalue weighted by molar-refractivity contribution is 0.444. The predicted molar refractivity (Wildman–Crippen MR) is 61.1 cm³/mol. The van der Waals surface area contributed by atoms with Crippen molar-refractivity contribution in [1.29, 1.82) is 0 Å². The highest BCUT2D eigenvalue weighted by molar-refractivity contribution is 5.30. The molecule has 78 valence electrons. The van der Waals surface area contributed by atoms with E-state index in [1.807, 2.05) is 14.0 Å². The van der Waals surface area contributed by atoms with Crippen molar-refractivity contribution in [1.82, 2.24) is 5.32 Å². The Morgan fingerprint density at radius 1 is 1.36 bits per heavy atom. The van der Waals surface area contributed by atoms with Crippen molar-refractivity contribution in [3.63, 3.8) is 0 Å². The van der Waals surface area contributed by atoms with Gasteiger partial charge < -0.3 is 11.1 Å². The summed E-state index contributed by atoms with van der Waals surface area (Å²) < 4.78 is 0. The van der Waals surface area contributed by atoms with Gasteiger partial charge in [-0.1, -0.05) is 24.3 Å². The van der Waals surface area contributed by atoms with E-state index in [2.05, 4.69) is 43.4 Å². The van der Waals surface area contributed by atoms with E-state index >= 15 is 0 Å². The molecule has 0 saturated carbocycles. The van der Waals surface area contributed by atoms with Crippen molar-refractivity contribution in [3.8, 4) is 0 Å². The Morgan fingerprint density at radius 2 is 2.00 bits per heavy atom. The SMILES string of the molecule is CNC(C)(C)c1cccc(C(C)N)c1. The molecule has 0 aliphatic heterocycles. The Kier molecular flexibility index (Phi) is 3.29. The van der Waals surface area contributed by atoms with Gasteiger partial charge in [0.2, 0.25) is 0 Å². The number of hydrogen-bond donors (Lipinski definition) is 2. The molecule has 0 aliphatic carbocycles. The smallest absolute Gasteiger partial charge is 0.0375 e. The van der Waals surface area contributed by atoms with Crippen LogP contribution in [-0.2, 0) is 5.54 Å². The zero-order valence-electron chi connectivity index (χ0n) is 9.46. The standard InChI is InChI=1S/C12H20N2/c1-9(13)10-6-5-7-11(8-10)12(2,3)14-4/h5-9,14H,13H2,1-4H3. The van der Waals surface area contributed by atoms with Crippen molar-refractivity contribution in [2.75, 3.05) is 7.05 Å². The van der Waals surface area contributed by atoms with E-state index in [0.29, 0.717) is 0 Å². The first kappa shape index (κ1) is 11.2. The topological polar surface area (TPSA) is 38.0 Å². The summed E-state index contributed by atoms with van der Waals surface area (Å²) in [6, 6.07) is 8.53. The zero-order valence-corrected chi connectivity index (χ0v) is 9.46. The normalized spacial score (nSPS) is 14.1. The molecular formula is C12H20N2. The highest BCUT2D eigenvalue weighted by Gasteiger charge is 2.17. The van der Waals surface area contributed by atoms with E-state index in [1.165, 1.54) is 11.1 Å². The van der Waals surface area contributed by atoms with Gasteiger partial charge in [-0.15, -0.1) is 0 Å². The highest BCUT2D eigenvalue weighted by Crippen LogP contribution is 2.22. The van der Waals surface area contributed by atoms with Crippen molar-refractivity contribution in [2.45, 2.75) is 32.4 Å². The minimum Gasteiger partial charge on any atom is -0.324 e. The molecule has 14 heavy (non-hydrogen) atoms. The maximum absolute atomic E-state index is 5.85. The van der Waals surface area contributed by atoms with Crippen molar-refractivity contribution >= 4 is 0 Å². The van der Waals surface area contributed by atoms with Gasteiger partial charge in [0.1, 0.15) is 0 Å². The Morgan fingerprint density at radius 3 is 2.50 bits per heavy atom. The van der Waals surface area contributed by atoms with Gasteiger partial charge in [0.25, 0.3) is 0 Å². The molecule has 0 radical (unpaired) electrons. The summed E-state index contributed by atoms with van der Waals surface area (Å²) in [7, 11) is 1.97. The van der Waals surface area contributed by atoms with E-state index in [0.717, 1.165) is 0 Å². The van der Waals surface area contributed by atoms with Crippen molar-refractivity contribution in [2.24, 2.45) is 5.73 Å². The molecule has 0 spiro atoms. The average molecular weight is 192 g/mol. The van der Waals surface area contributed by atoms with Crippen LogP contribution in [0.1, 0.15) is 37.9 Å². The van der Waals surface area contributed by atoms with Gasteiger partial charge >= 0.3 is 0 Å². The molecule has 0 amide bonds. The molecule has 2 nitrogen and oxygen atoms in total. The van der Waals surface area contributed by atoms with E-state index in [9.17, 15) is 0 Å². The number of benzene rings is 1. The molecular weight excluding hydrogens is 172 g/mol. The molecule has 0 saturated heterocycles. The molecule has 0 aliphatic rings. The second-order valence-corrected chi connectivity index (χ2v) is 4.29. The summed E-state index contributed by atoms with van der Waals surface area (Å²) in [6.45, 7) is 6.33. The lowest BCUT2D eigenvalue weighted by Crippen LogP contribution is -2.33. The fraction of sp³-hybridized carbons (Fsp3) is 0.500. The molecule has 1 unspecified atom stereocenters. The van der Waals surface area contributed by atoms with Gasteiger partial charge in [-0.25, -0.2) is 0 Å². The Labute approximate surface area is 86.5 Å². The molecule has 1 atom stereocenters. The fourth-order valence-corrected chi connectivity index (χ4v) is 1.35. The number of rotatable bonds is 3. The number of hydrogen-bond acceptors (Lipinski definition) is 2. The first-order valence-corrected chi connectivity index (χ1v) is 5.02. The van der Waals surface area contributed by atoms with Gasteiger partial charge in [-0.3, -0.25) is 0 Å². The minimum absolute atomic E-state index is 0.00486. The van der Waals surface area contributed by atoms with Gasteiger partial charge in [0.15, 0.2) is 0 Å². The van der Waals surface area contributed by atoms with Crippen LogP contribution in [0.5, 0.6) is 0 Å². The minimum atomic E-state index is 0.00486. The second kappa shape index (κ2) is 4.11. The first-order valence-electron chi connectivity index (χ1n) is 5.02. The third-order valence-corrected chi connectivity index (χ3v) is 2.76. The number of nitrogens with two attached hydrogens (primary N) is 1. The Bertz CT molecular complexity index is 303. The van der Waals surface area contributed by atoms with Crippen LogP contribution in [0, 0.1) is 0 Å². The van der Waals surface area contributed by atoms with Gasteiger partial charge in [0, 0.05) is 11.6 Å². The van der Waals surface area contributed by atoms with Crippen LogP contribution in [0.3, 0.4) is 0 Å². The Hall–Kier alpha value is -0.860. The maximum Gasteiger partial charge on any atom is 0.0375 e. The summed E-state index contributed by atoms with van der Waals surface area (Å²) in [5.74, 6) is 0. The summed E-state index contributed by atoms with van der Waals surface area (Å²) >= 11 is 0. The van der Waals surface area contributed by atoms with Gasteiger partial charge in [-0.2, -0.15) is 0 Å². The summed E-state index contributed by atoms with van der Waals surface area (Å²) in [4.78, 5) is 0. The maximum atomic E-state index is 5.85. The van der Waals surface area contributed by atoms with E-state index in [4.69, 9.17) is 5.73 Å². The molecule has 0 fully saturated rings. The van der Waals surface area contributed by atoms with Crippen LogP contribution < -0.4 is 11.1 Å². The molecule has 0 heterocycles. The molecule has 1 rings (SSSR count). The van der Waals surface area contributed by atoms with Crippen LogP contribution in [0.4, 0.5) is 0 Å². The third kappa shape index (κ3) is 2.34. The second-order valence-electron chi connectivity index (χ2n) is 4.29.